The molecule has 1 amide bonds. The molecule has 0 atom stereocenters. The summed E-state index contributed by atoms with van der Waals surface area (Å²) in [5, 5.41) is 0.503. The molecule has 0 radical (unpaired) electrons. The van der Waals surface area contributed by atoms with Crippen LogP contribution < -0.4 is 9.93 Å². The number of sulfonamides is 1. The van der Waals surface area contributed by atoms with Crippen molar-refractivity contribution in [3.63, 3.8) is 0 Å². The van der Waals surface area contributed by atoms with E-state index < -0.39 is 21.6 Å². The lowest BCUT2D eigenvalue weighted by molar-refractivity contribution is -0.119. The highest BCUT2D eigenvalue weighted by atomic mass is 32.2. The summed E-state index contributed by atoms with van der Waals surface area (Å²) in [4.78, 5) is 28.3. The molecule has 8 nitrogen and oxygen atoms in total. The molecule has 0 spiro atoms. The maximum Gasteiger partial charge on any atom is 0.344 e. The second-order valence-corrected chi connectivity index (χ2v) is 11.1. The second kappa shape index (κ2) is 10.5. The maximum atomic E-state index is 13.8. The van der Waals surface area contributed by atoms with Crippen molar-refractivity contribution in [1.82, 2.24) is 4.90 Å². The summed E-state index contributed by atoms with van der Waals surface area (Å²) in [6.07, 6.45) is 0. The molecule has 0 bridgehead atoms. The number of anilines is 1. The van der Waals surface area contributed by atoms with Gasteiger partial charge in [-0.1, -0.05) is 42.0 Å². The van der Waals surface area contributed by atoms with Gasteiger partial charge < -0.3 is 9.15 Å². The molecular weight excluding hydrogens is 504 g/mol. The first-order valence-corrected chi connectivity index (χ1v) is 13.8. The summed E-state index contributed by atoms with van der Waals surface area (Å²) in [5.74, 6) is -0.580. The quantitative estimate of drug-likeness (QED) is 0.345. The van der Waals surface area contributed by atoms with Gasteiger partial charge in [0.05, 0.1) is 35.9 Å². The molecule has 0 aliphatic carbocycles. The summed E-state index contributed by atoms with van der Waals surface area (Å²) < 4.78 is 39.5. The van der Waals surface area contributed by atoms with Gasteiger partial charge in [0.1, 0.15) is 5.58 Å². The standard InChI is InChI=1S/C29H28N2O6S/c1-20-7-10-24(11-8-20)38(34,35)31(28(32)19-30-13-15-36-16-14-30)23-9-12-27-22(17-23)18-26(29(33)37-27)25-6-4-3-5-21(25)2/h3-12,17-18H,13-16,19H2,1-2H3. The van der Waals surface area contributed by atoms with E-state index in [2.05, 4.69) is 0 Å². The van der Waals surface area contributed by atoms with E-state index >= 15 is 0 Å². The number of hydrogen-bond acceptors (Lipinski definition) is 7. The smallest absolute Gasteiger partial charge is 0.344 e. The molecule has 5 rings (SSSR count). The van der Waals surface area contributed by atoms with Crippen molar-refractivity contribution in [2.45, 2.75) is 18.7 Å². The first-order valence-electron chi connectivity index (χ1n) is 12.3. The van der Waals surface area contributed by atoms with Crippen LogP contribution in [0.5, 0.6) is 0 Å². The highest BCUT2D eigenvalue weighted by Crippen LogP contribution is 2.30. The van der Waals surface area contributed by atoms with Crippen LogP contribution in [0.1, 0.15) is 11.1 Å². The molecule has 9 heteroatoms. The molecule has 1 aliphatic heterocycles. The lowest BCUT2D eigenvalue weighted by Gasteiger charge is -2.29. The van der Waals surface area contributed by atoms with Crippen LogP contribution in [0.15, 0.2) is 86.9 Å². The van der Waals surface area contributed by atoms with Crippen LogP contribution in [0.4, 0.5) is 5.69 Å². The van der Waals surface area contributed by atoms with E-state index in [-0.39, 0.29) is 17.1 Å². The van der Waals surface area contributed by atoms with Gasteiger partial charge >= 0.3 is 5.63 Å². The number of hydrogen-bond donors (Lipinski definition) is 0. The average molecular weight is 533 g/mol. The highest BCUT2D eigenvalue weighted by Gasteiger charge is 2.32. The van der Waals surface area contributed by atoms with Gasteiger partial charge in [-0.25, -0.2) is 17.5 Å². The number of fused-ring (bicyclic) bond motifs is 1. The van der Waals surface area contributed by atoms with E-state index in [0.29, 0.717) is 42.8 Å². The Bertz CT molecular complexity index is 1660. The second-order valence-electron chi connectivity index (χ2n) is 9.35. The zero-order chi connectivity index (χ0) is 26.9. The monoisotopic (exact) mass is 532 g/mol. The van der Waals surface area contributed by atoms with Crippen LogP contribution >= 0.6 is 0 Å². The molecule has 0 unspecified atom stereocenters. The number of benzene rings is 3. The van der Waals surface area contributed by atoms with Gasteiger partial charge in [-0.15, -0.1) is 0 Å². The molecule has 1 saturated heterocycles. The third-order valence-electron chi connectivity index (χ3n) is 6.63. The molecule has 38 heavy (non-hydrogen) atoms. The van der Waals surface area contributed by atoms with Crippen LogP contribution in [-0.4, -0.2) is 52.1 Å². The van der Waals surface area contributed by atoms with E-state index in [1.807, 2.05) is 43.0 Å². The predicted octanol–water partition coefficient (Wildman–Crippen LogP) is 4.13. The molecule has 1 fully saturated rings. The minimum absolute atomic E-state index is 0.0127. The molecule has 1 aromatic heterocycles. The number of carbonyl (C=O) groups is 1. The van der Waals surface area contributed by atoms with E-state index in [1.54, 1.807) is 24.3 Å². The Morgan fingerprint density at radius 3 is 2.34 bits per heavy atom. The number of morpholine rings is 1. The Hall–Kier alpha value is -3.79. The van der Waals surface area contributed by atoms with Gasteiger partial charge in [0.25, 0.3) is 15.9 Å². The largest absolute Gasteiger partial charge is 0.422 e. The van der Waals surface area contributed by atoms with Crippen LogP contribution in [0.2, 0.25) is 0 Å². The normalized spacial score (nSPS) is 14.5. The zero-order valence-corrected chi connectivity index (χ0v) is 22.0. The van der Waals surface area contributed by atoms with E-state index in [4.69, 9.17) is 9.15 Å². The Balaban J connectivity index is 1.62. The van der Waals surface area contributed by atoms with E-state index in [1.165, 1.54) is 24.3 Å². The molecule has 196 valence electrons. The third kappa shape index (κ3) is 5.13. The molecule has 0 N–H and O–H groups in total. The Morgan fingerprint density at radius 2 is 1.63 bits per heavy atom. The van der Waals surface area contributed by atoms with Crippen molar-refractivity contribution >= 4 is 32.6 Å². The van der Waals surface area contributed by atoms with Crippen molar-refractivity contribution in [3.8, 4) is 11.1 Å². The summed E-state index contributed by atoms with van der Waals surface area (Å²) in [6, 6.07) is 20.1. The van der Waals surface area contributed by atoms with Crippen LogP contribution in [0.3, 0.4) is 0 Å². The minimum atomic E-state index is -4.23. The van der Waals surface area contributed by atoms with E-state index in [9.17, 15) is 18.0 Å². The van der Waals surface area contributed by atoms with Crippen LogP contribution in [-0.2, 0) is 19.6 Å². The lowest BCUT2D eigenvalue weighted by atomic mass is 10.0. The SMILES string of the molecule is Cc1ccc(S(=O)(=O)N(C(=O)CN2CCOCC2)c2ccc3oc(=O)c(-c4ccccc4C)cc3c2)cc1. The van der Waals surface area contributed by atoms with Crippen molar-refractivity contribution in [2.75, 3.05) is 37.2 Å². The van der Waals surface area contributed by atoms with Crippen molar-refractivity contribution < 1.29 is 22.4 Å². The van der Waals surface area contributed by atoms with Crippen molar-refractivity contribution in [2.24, 2.45) is 0 Å². The van der Waals surface area contributed by atoms with Crippen LogP contribution in [0.25, 0.3) is 22.1 Å². The average Bonchev–Trinajstić information content (AvgIpc) is 2.90. The Morgan fingerprint density at radius 1 is 0.921 bits per heavy atom. The van der Waals surface area contributed by atoms with Crippen molar-refractivity contribution in [3.05, 3.63) is 94.3 Å². The van der Waals surface area contributed by atoms with Gasteiger partial charge in [-0.2, -0.15) is 0 Å². The number of nitrogens with zero attached hydrogens (tertiary/aromatic N) is 2. The number of amides is 1. The predicted molar refractivity (Wildman–Crippen MR) is 146 cm³/mol. The number of rotatable bonds is 6. The fraction of sp³-hybridized carbons (Fsp3) is 0.241. The number of ether oxygens (including phenoxy) is 1. The van der Waals surface area contributed by atoms with E-state index in [0.717, 1.165) is 21.0 Å². The van der Waals surface area contributed by atoms with Gasteiger partial charge in [-0.3, -0.25) is 9.69 Å². The molecular formula is C29H28N2O6S. The Labute approximate surface area is 221 Å². The fourth-order valence-electron chi connectivity index (χ4n) is 4.55. The number of aryl methyl sites for hydroxylation is 2. The zero-order valence-electron chi connectivity index (χ0n) is 21.2. The first kappa shape index (κ1) is 25.8. The molecule has 0 saturated carbocycles. The van der Waals surface area contributed by atoms with Gasteiger partial charge in [0, 0.05) is 18.5 Å². The topological polar surface area (TPSA) is 97.1 Å². The van der Waals surface area contributed by atoms with Gasteiger partial charge in [0.2, 0.25) is 0 Å². The van der Waals surface area contributed by atoms with Crippen LogP contribution in [0, 0.1) is 13.8 Å². The first-order chi connectivity index (χ1) is 18.2. The lowest BCUT2D eigenvalue weighted by Crippen LogP contribution is -2.46. The molecule has 3 aromatic carbocycles. The van der Waals surface area contributed by atoms with Gasteiger partial charge in [0.15, 0.2) is 0 Å². The minimum Gasteiger partial charge on any atom is -0.422 e. The summed E-state index contributed by atoms with van der Waals surface area (Å²) in [6.45, 7) is 5.71. The molecule has 2 heterocycles. The Kier molecular flexibility index (Phi) is 7.16. The molecule has 1 aliphatic rings. The van der Waals surface area contributed by atoms with Gasteiger partial charge in [-0.05, 0) is 61.4 Å². The summed E-state index contributed by atoms with van der Waals surface area (Å²) in [5.41, 5.74) is 2.86. The third-order valence-corrected chi connectivity index (χ3v) is 8.40. The molecule has 4 aromatic rings. The summed E-state index contributed by atoms with van der Waals surface area (Å²) in [7, 11) is -4.23. The van der Waals surface area contributed by atoms with Crippen molar-refractivity contribution in [1.29, 1.82) is 0 Å². The maximum absolute atomic E-state index is 13.8. The highest BCUT2D eigenvalue weighted by molar-refractivity contribution is 7.93. The summed E-state index contributed by atoms with van der Waals surface area (Å²) >= 11 is 0. The fourth-order valence-corrected chi connectivity index (χ4v) is 5.96. The number of carbonyl (C=O) groups excluding carboxylic acids is 1.